The van der Waals surface area contributed by atoms with Gasteiger partial charge in [0.05, 0.1) is 16.5 Å². The van der Waals surface area contributed by atoms with Gasteiger partial charge in [-0.15, -0.1) is 6.58 Å². The molecule has 1 unspecified atom stereocenters. The van der Waals surface area contributed by atoms with Crippen LogP contribution in [0.25, 0.3) is 5.76 Å². The smallest absolute Gasteiger partial charge is 0.295 e. The van der Waals surface area contributed by atoms with E-state index in [-0.39, 0.29) is 23.6 Å². The summed E-state index contributed by atoms with van der Waals surface area (Å²) in [7, 11) is 0. The van der Waals surface area contributed by atoms with Gasteiger partial charge in [-0.1, -0.05) is 48.5 Å². The fourth-order valence-electron chi connectivity index (χ4n) is 3.11. The number of benzene rings is 2. The molecule has 1 N–H and O–H groups in total. The van der Waals surface area contributed by atoms with Gasteiger partial charge < -0.3 is 10.0 Å². The zero-order valence-corrected chi connectivity index (χ0v) is 14.2. The highest BCUT2D eigenvalue weighted by atomic mass is 16.6. The average Bonchev–Trinajstić information content (AvgIpc) is 2.93. The lowest BCUT2D eigenvalue weighted by molar-refractivity contribution is -0.384. The van der Waals surface area contributed by atoms with Gasteiger partial charge in [-0.3, -0.25) is 19.7 Å². The lowest BCUT2D eigenvalue weighted by atomic mass is 9.95. The van der Waals surface area contributed by atoms with Crippen molar-refractivity contribution in [1.82, 2.24) is 4.90 Å². The fourth-order valence-corrected chi connectivity index (χ4v) is 3.11. The van der Waals surface area contributed by atoms with Crippen LogP contribution in [-0.2, 0) is 9.59 Å². The lowest BCUT2D eigenvalue weighted by Gasteiger charge is -2.23. The first-order valence-corrected chi connectivity index (χ1v) is 8.14. The number of aliphatic hydroxyl groups is 1. The van der Waals surface area contributed by atoms with Gasteiger partial charge in [-0.25, -0.2) is 0 Å². The van der Waals surface area contributed by atoms with E-state index < -0.39 is 22.7 Å². The molecule has 7 nitrogen and oxygen atoms in total. The van der Waals surface area contributed by atoms with Gasteiger partial charge in [-0.05, 0) is 5.56 Å². The maximum Gasteiger partial charge on any atom is 0.295 e. The van der Waals surface area contributed by atoms with E-state index in [1.807, 2.05) is 0 Å². The number of hydrogen-bond donors (Lipinski definition) is 1. The number of non-ortho nitro benzene ring substituents is 1. The van der Waals surface area contributed by atoms with E-state index in [4.69, 9.17) is 0 Å². The Hall–Kier alpha value is -3.74. The van der Waals surface area contributed by atoms with Crippen LogP contribution in [0, 0.1) is 10.1 Å². The molecule has 136 valence electrons. The predicted octanol–water partition coefficient (Wildman–Crippen LogP) is 3.20. The Morgan fingerprint density at radius 1 is 1.19 bits per heavy atom. The molecule has 0 spiro atoms. The number of amides is 1. The molecule has 2 aromatic carbocycles. The number of likely N-dealkylation sites (tertiary alicyclic amines) is 1. The standard InChI is InChI=1S/C20H16N2O5/c1-2-11-21-17(14-9-6-10-15(12-14)22(26)27)16(19(24)20(21)25)18(23)13-7-4-3-5-8-13/h2-10,12,17,23H,1,11H2/b18-16-. The summed E-state index contributed by atoms with van der Waals surface area (Å²) in [6, 6.07) is 13.1. The number of Topliss-reactive ketones (excluding diaryl/α,β-unsaturated/α-hetero) is 1. The number of carbonyl (C=O) groups is 2. The highest BCUT2D eigenvalue weighted by Gasteiger charge is 2.45. The van der Waals surface area contributed by atoms with E-state index >= 15 is 0 Å². The third-order valence-corrected chi connectivity index (χ3v) is 4.31. The summed E-state index contributed by atoms with van der Waals surface area (Å²) < 4.78 is 0. The van der Waals surface area contributed by atoms with Crippen molar-refractivity contribution in [3.05, 3.63) is 94.1 Å². The van der Waals surface area contributed by atoms with Gasteiger partial charge in [0.1, 0.15) is 5.76 Å². The molecular weight excluding hydrogens is 348 g/mol. The van der Waals surface area contributed by atoms with Crippen LogP contribution >= 0.6 is 0 Å². The van der Waals surface area contributed by atoms with Crippen LogP contribution in [0.2, 0.25) is 0 Å². The van der Waals surface area contributed by atoms with Crippen molar-refractivity contribution in [3.63, 3.8) is 0 Å². The number of carbonyl (C=O) groups excluding carboxylic acids is 2. The van der Waals surface area contributed by atoms with E-state index in [9.17, 15) is 24.8 Å². The van der Waals surface area contributed by atoms with Gasteiger partial charge in [0.15, 0.2) is 0 Å². The van der Waals surface area contributed by atoms with Crippen LogP contribution in [0.4, 0.5) is 5.69 Å². The highest BCUT2D eigenvalue weighted by Crippen LogP contribution is 2.39. The molecule has 2 aromatic rings. The van der Waals surface area contributed by atoms with Crippen molar-refractivity contribution in [2.45, 2.75) is 6.04 Å². The molecule has 0 aliphatic carbocycles. The van der Waals surface area contributed by atoms with Crippen molar-refractivity contribution in [1.29, 1.82) is 0 Å². The van der Waals surface area contributed by atoms with E-state index in [1.165, 1.54) is 29.2 Å². The number of nitro benzene ring substituents is 1. The molecular formula is C20H16N2O5. The summed E-state index contributed by atoms with van der Waals surface area (Å²) in [5, 5.41) is 21.8. The Labute approximate surface area is 155 Å². The van der Waals surface area contributed by atoms with Crippen LogP contribution in [0.5, 0.6) is 0 Å². The van der Waals surface area contributed by atoms with Crippen molar-refractivity contribution in [3.8, 4) is 0 Å². The molecule has 1 aliphatic rings. The first-order chi connectivity index (χ1) is 13.0. The van der Waals surface area contributed by atoms with Gasteiger partial charge in [-0.2, -0.15) is 0 Å². The lowest BCUT2D eigenvalue weighted by Crippen LogP contribution is -2.29. The fraction of sp³-hybridized carbons (Fsp3) is 0.100. The molecule has 7 heteroatoms. The quantitative estimate of drug-likeness (QED) is 0.219. The Morgan fingerprint density at radius 3 is 2.52 bits per heavy atom. The zero-order valence-electron chi connectivity index (χ0n) is 14.2. The van der Waals surface area contributed by atoms with E-state index in [2.05, 4.69) is 6.58 Å². The number of rotatable bonds is 5. The second-order valence-corrected chi connectivity index (χ2v) is 5.96. The average molecular weight is 364 g/mol. The molecule has 1 atom stereocenters. The summed E-state index contributed by atoms with van der Waals surface area (Å²) in [5.41, 5.74) is 0.470. The van der Waals surface area contributed by atoms with E-state index in [0.717, 1.165) is 0 Å². The number of ketones is 1. The van der Waals surface area contributed by atoms with Crippen molar-refractivity contribution in [2.75, 3.05) is 6.54 Å². The van der Waals surface area contributed by atoms with Crippen molar-refractivity contribution < 1.29 is 19.6 Å². The second-order valence-electron chi connectivity index (χ2n) is 5.96. The third-order valence-electron chi connectivity index (χ3n) is 4.31. The summed E-state index contributed by atoms with van der Waals surface area (Å²) in [6.45, 7) is 3.65. The molecule has 0 aromatic heterocycles. The number of nitrogens with zero attached hydrogens (tertiary/aromatic N) is 2. The first kappa shape index (κ1) is 18.1. The van der Waals surface area contributed by atoms with Crippen molar-refractivity contribution >= 4 is 23.1 Å². The highest BCUT2D eigenvalue weighted by molar-refractivity contribution is 6.46. The molecule has 3 rings (SSSR count). The Bertz CT molecular complexity index is 965. The van der Waals surface area contributed by atoms with Crippen LogP contribution in [0.1, 0.15) is 17.2 Å². The monoisotopic (exact) mass is 364 g/mol. The zero-order chi connectivity index (χ0) is 19.6. The van der Waals surface area contributed by atoms with E-state index in [1.54, 1.807) is 36.4 Å². The van der Waals surface area contributed by atoms with Crippen molar-refractivity contribution in [2.24, 2.45) is 0 Å². The third kappa shape index (κ3) is 3.22. The molecule has 1 amide bonds. The Kier molecular flexibility index (Phi) is 4.85. The molecule has 1 fully saturated rings. The topological polar surface area (TPSA) is 101 Å². The minimum atomic E-state index is -0.942. The normalized spacial score (nSPS) is 18.5. The van der Waals surface area contributed by atoms with Gasteiger partial charge in [0.2, 0.25) is 0 Å². The maximum absolute atomic E-state index is 12.6. The Balaban J connectivity index is 2.22. The second kappa shape index (κ2) is 7.25. The molecule has 0 radical (unpaired) electrons. The predicted molar refractivity (Wildman–Crippen MR) is 98.7 cm³/mol. The van der Waals surface area contributed by atoms with Crippen LogP contribution in [-0.4, -0.2) is 33.2 Å². The summed E-state index contributed by atoms with van der Waals surface area (Å²) >= 11 is 0. The molecule has 1 saturated heterocycles. The van der Waals surface area contributed by atoms with Gasteiger partial charge >= 0.3 is 0 Å². The molecule has 0 bridgehead atoms. The van der Waals surface area contributed by atoms with Crippen LogP contribution < -0.4 is 0 Å². The number of aliphatic hydroxyl groups excluding tert-OH is 1. The summed E-state index contributed by atoms with van der Waals surface area (Å²) in [6.07, 6.45) is 1.46. The van der Waals surface area contributed by atoms with Gasteiger partial charge in [0.25, 0.3) is 17.4 Å². The first-order valence-electron chi connectivity index (χ1n) is 8.14. The molecule has 1 heterocycles. The van der Waals surface area contributed by atoms with Crippen LogP contribution in [0.15, 0.2) is 72.8 Å². The SMILES string of the molecule is C=CCN1C(=O)C(=O)/C(=C(\O)c2ccccc2)C1c1cccc([N+](=O)[O-])c1. The van der Waals surface area contributed by atoms with E-state index in [0.29, 0.717) is 11.1 Å². The largest absolute Gasteiger partial charge is 0.507 e. The van der Waals surface area contributed by atoms with Gasteiger partial charge in [0, 0.05) is 24.2 Å². The molecule has 1 aliphatic heterocycles. The molecule has 0 saturated carbocycles. The number of nitro groups is 1. The minimum Gasteiger partial charge on any atom is -0.507 e. The summed E-state index contributed by atoms with van der Waals surface area (Å²) in [5.74, 6) is -1.95. The Morgan fingerprint density at radius 2 is 1.89 bits per heavy atom. The van der Waals surface area contributed by atoms with Crippen LogP contribution in [0.3, 0.4) is 0 Å². The maximum atomic E-state index is 12.6. The number of hydrogen-bond acceptors (Lipinski definition) is 5. The molecule has 27 heavy (non-hydrogen) atoms. The minimum absolute atomic E-state index is 0.0590. The summed E-state index contributed by atoms with van der Waals surface area (Å²) in [4.78, 5) is 36.9.